The molecule has 3 N–H and O–H groups in total. The molecule has 2 rings (SSSR count). The smallest absolute Gasteiger partial charge is 0.209 e. The largest absolute Gasteiger partial charge is 0.311 e. The summed E-state index contributed by atoms with van der Waals surface area (Å²) in [5, 5.41) is 8.08. The van der Waals surface area contributed by atoms with Crippen LogP contribution in [0.5, 0.6) is 0 Å². The van der Waals surface area contributed by atoms with E-state index < -0.39 is 10.0 Å². The SMILES string of the molecule is NS(=O)(=O)CCCNCc1cnc2cnc(Br)cn12. The lowest BCUT2D eigenvalue weighted by Crippen LogP contribution is -2.22. The van der Waals surface area contributed by atoms with Gasteiger partial charge in [-0.2, -0.15) is 0 Å². The predicted molar refractivity (Wildman–Crippen MR) is 75.0 cm³/mol. The quantitative estimate of drug-likeness (QED) is 0.729. The number of hydrogen-bond donors (Lipinski definition) is 2. The number of nitrogens with one attached hydrogen (secondary N) is 1. The van der Waals surface area contributed by atoms with Crippen molar-refractivity contribution in [3.05, 3.63) is 28.9 Å². The van der Waals surface area contributed by atoms with Gasteiger partial charge in [0.1, 0.15) is 4.60 Å². The minimum Gasteiger partial charge on any atom is -0.311 e. The Morgan fingerprint density at radius 2 is 2.16 bits per heavy atom. The van der Waals surface area contributed by atoms with E-state index in [4.69, 9.17) is 5.14 Å². The molecule has 0 aliphatic carbocycles. The molecule has 7 nitrogen and oxygen atoms in total. The number of aromatic nitrogens is 3. The number of sulfonamides is 1. The normalized spacial score (nSPS) is 12.1. The van der Waals surface area contributed by atoms with Crippen LogP contribution < -0.4 is 10.5 Å². The van der Waals surface area contributed by atoms with E-state index in [0.29, 0.717) is 19.5 Å². The van der Waals surface area contributed by atoms with E-state index in [1.807, 2.05) is 10.6 Å². The van der Waals surface area contributed by atoms with Crippen LogP contribution in [-0.2, 0) is 16.6 Å². The Morgan fingerprint density at radius 1 is 1.37 bits per heavy atom. The monoisotopic (exact) mass is 347 g/mol. The van der Waals surface area contributed by atoms with Crippen molar-refractivity contribution in [2.45, 2.75) is 13.0 Å². The third kappa shape index (κ3) is 4.23. The second-order valence-corrected chi connectivity index (χ2v) is 6.63. The summed E-state index contributed by atoms with van der Waals surface area (Å²) >= 11 is 3.31. The van der Waals surface area contributed by atoms with Gasteiger partial charge in [-0.1, -0.05) is 0 Å². The third-order valence-electron chi connectivity index (χ3n) is 2.53. The van der Waals surface area contributed by atoms with Crippen LogP contribution in [0.3, 0.4) is 0 Å². The highest BCUT2D eigenvalue weighted by Crippen LogP contribution is 2.10. The van der Waals surface area contributed by atoms with Crippen LogP contribution in [0.2, 0.25) is 0 Å². The minimum absolute atomic E-state index is 0.0113. The molecule has 0 amide bonds. The average Bonchev–Trinajstić information content (AvgIpc) is 2.70. The van der Waals surface area contributed by atoms with Crippen LogP contribution in [0.15, 0.2) is 23.2 Å². The molecule has 0 bridgehead atoms. The summed E-state index contributed by atoms with van der Waals surface area (Å²) in [7, 11) is -3.37. The first-order valence-electron chi connectivity index (χ1n) is 5.64. The number of nitrogens with two attached hydrogens (primary N) is 1. The van der Waals surface area contributed by atoms with Gasteiger partial charge in [-0.05, 0) is 28.9 Å². The molecule has 2 aromatic rings. The summed E-state index contributed by atoms with van der Waals surface area (Å²) in [6.45, 7) is 1.18. The molecule has 19 heavy (non-hydrogen) atoms. The first-order chi connectivity index (χ1) is 8.96. The zero-order chi connectivity index (χ0) is 13.9. The van der Waals surface area contributed by atoms with Gasteiger partial charge in [0.05, 0.1) is 23.8 Å². The van der Waals surface area contributed by atoms with E-state index in [1.54, 1.807) is 12.4 Å². The van der Waals surface area contributed by atoms with Gasteiger partial charge in [-0.25, -0.2) is 23.5 Å². The molecule has 0 aliphatic heterocycles. The van der Waals surface area contributed by atoms with Gasteiger partial charge in [0.2, 0.25) is 10.0 Å². The van der Waals surface area contributed by atoms with Crippen molar-refractivity contribution in [3.63, 3.8) is 0 Å². The van der Waals surface area contributed by atoms with Gasteiger partial charge in [-0.3, -0.25) is 4.40 Å². The summed E-state index contributed by atoms with van der Waals surface area (Å²) in [6, 6.07) is 0. The van der Waals surface area contributed by atoms with E-state index in [1.165, 1.54) is 0 Å². The Morgan fingerprint density at radius 3 is 2.89 bits per heavy atom. The Hall–Kier alpha value is -1.03. The molecule has 0 aliphatic rings. The highest BCUT2D eigenvalue weighted by Gasteiger charge is 2.05. The summed E-state index contributed by atoms with van der Waals surface area (Å²) < 4.78 is 24.2. The number of nitrogens with zero attached hydrogens (tertiary/aromatic N) is 3. The maximum absolute atomic E-state index is 10.8. The lowest BCUT2D eigenvalue weighted by Gasteiger charge is -2.04. The molecule has 0 fully saturated rings. The molecule has 0 spiro atoms. The number of rotatable bonds is 6. The lowest BCUT2D eigenvalue weighted by molar-refractivity contribution is 0.589. The van der Waals surface area contributed by atoms with Gasteiger partial charge >= 0.3 is 0 Å². The zero-order valence-electron chi connectivity index (χ0n) is 10.1. The average molecular weight is 348 g/mol. The van der Waals surface area contributed by atoms with E-state index in [9.17, 15) is 8.42 Å². The fraction of sp³-hybridized carbons (Fsp3) is 0.400. The topological polar surface area (TPSA) is 102 Å². The fourth-order valence-corrected chi connectivity index (χ4v) is 2.52. The highest BCUT2D eigenvalue weighted by molar-refractivity contribution is 9.10. The molecule has 0 saturated heterocycles. The van der Waals surface area contributed by atoms with E-state index in [-0.39, 0.29) is 5.75 Å². The molecule has 0 radical (unpaired) electrons. The molecule has 9 heteroatoms. The zero-order valence-corrected chi connectivity index (χ0v) is 12.5. The van der Waals surface area contributed by atoms with Crippen molar-refractivity contribution in [3.8, 4) is 0 Å². The molecule has 104 valence electrons. The Kier molecular flexibility index (Phi) is 4.50. The van der Waals surface area contributed by atoms with Crippen molar-refractivity contribution in [1.29, 1.82) is 0 Å². The van der Waals surface area contributed by atoms with Crippen LogP contribution in [-0.4, -0.2) is 35.1 Å². The molecule has 0 atom stereocenters. The van der Waals surface area contributed by atoms with Crippen molar-refractivity contribution >= 4 is 31.6 Å². The van der Waals surface area contributed by atoms with Gasteiger partial charge in [0.15, 0.2) is 5.65 Å². The predicted octanol–water partition coefficient (Wildman–Crippen LogP) is 0.260. The van der Waals surface area contributed by atoms with Crippen LogP contribution in [0.25, 0.3) is 5.65 Å². The molecule has 2 heterocycles. The Labute approximate surface area is 119 Å². The molecule has 0 aromatic carbocycles. The number of hydrogen-bond acceptors (Lipinski definition) is 5. The Bertz CT molecular complexity index is 670. The van der Waals surface area contributed by atoms with E-state index >= 15 is 0 Å². The van der Waals surface area contributed by atoms with Gasteiger partial charge in [-0.15, -0.1) is 0 Å². The maximum Gasteiger partial charge on any atom is 0.209 e. The van der Waals surface area contributed by atoms with Crippen LogP contribution in [0.4, 0.5) is 0 Å². The van der Waals surface area contributed by atoms with Crippen molar-refractivity contribution in [2.24, 2.45) is 5.14 Å². The summed E-state index contributed by atoms with van der Waals surface area (Å²) in [4.78, 5) is 8.31. The summed E-state index contributed by atoms with van der Waals surface area (Å²) in [5.74, 6) is -0.0113. The fourth-order valence-electron chi connectivity index (χ4n) is 1.66. The first kappa shape index (κ1) is 14.4. The summed E-state index contributed by atoms with van der Waals surface area (Å²) in [6.07, 6.45) is 5.76. The van der Waals surface area contributed by atoms with Gasteiger partial charge in [0.25, 0.3) is 0 Å². The number of imidazole rings is 1. The summed E-state index contributed by atoms with van der Waals surface area (Å²) in [5.41, 5.74) is 1.75. The van der Waals surface area contributed by atoms with Crippen LogP contribution in [0.1, 0.15) is 12.1 Å². The molecular weight excluding hydrogens is 334 g/mol. The highest BCUT2D eigenvalue weighted by atomic mass is 79.9. The number of fused-ring (bicyclic) bond motifs is 1. The number of primary sulfonamides is 1. The number of halogens is 1. The second kappa shape index (κ2) is 5.95. The molecular formula is C10H14BrN5O2S. The van der Waals surface area contributed by atoms with Crippen molar-refractivity contribution < 1.29 is 8.42 Å². The van der Waals surface area contributed by atoms with E-state index in [2.05, 4.69) is 31.2 Å². The van der Waals surface area contributed by atoms with Gasteiger partial charge < -0.3 is 5.32 Å². The minimum atomic E-state index is -3.37. The Balaban J connectivity index is 1.90. The van der Waals surface area contributed by atoms with Crippen molar-refractivity contribution in [2.75, 3.05) is 12.3 Å². The van der Waals surface area contributed by atoms with Crippen LogP contribution >= 0.6 is 15.9 Å². The third-order valence-corrected chi connectivity index (χ3v) is 3.80. The van der Waals surface area contributed by atoms with Gasteiger partial charge in [0, 0.05) is 12.7 Å². The standard InChI is InChI=1S/C10H14BrN5O2S/c11-9-7-16-8(5-15-10(16)6-14-9)4-13-2-1-3-19(12,17)18/h5-7,13H,1-4H2,(H2,12,17,18). The lowest BCUT2D eigenvalue weighted by atomic mass is 10.4. The van der Waals surface area contributed by atoms with Crippen molar-refractivity contribution in [1.82, 2.24) is 19.7 Å². The molecule has 0 saturated carbocycles. The van der Waals surface area contributed by atoms with Crippen LogP contribution in [0, 0.1) is 0 Å². The molecule has 0 unspecified atom stereocenters. The second-order valence-electron chi connectivity index (χ2n) is 4.09. The van der Waals surface area contributed by atoms with E-state index in [0.717, 1.165) is 15.9 Å². The first-order valence-corrected chi connectivity index (χ1v) is 8.15. The maximum atomic E-state index is 10.8. The molecule has 2 aromatic heterocycles.